The highest BCUT2D eigenvalue weighted by atomic mass is 32.2. The van der Waals surface area contributed by atoms with Crippen molar-refractivity contribution in [1.29, 1.82) is 0 Å². The maximum atomic E-state index is 13.4. The second-order valence-electron chi connectivity index (χ2n) is 10.7. The largest absolute Gasteiger partial charge is 0.445 e. The Labute approximate surface area is 259 Å². The summed E-state index contributed by atoms with van der Waals surface area (Å²) >= 11 is 1.52. The van der Waals surface area contributed by atoms with Gasteiger partial charge in [0.25, 0.3) is 0 Å². The van der Waals surface area contributed by atoms with Crippen molar-refractivity contribution in [1.82, 2.24) is 16.0 Å². The van der Waals surface area contributed by atoms with E-state index >= 15 is 0 Å². The molecule has 0 fully saturated rings. The number of carbonyl (C=O) groups is 3. The second-order valence-corrected chi connectivity index (χ2v) is 13.5. The third-order valence-corrected chi connectivity index (χ3v) is 8.16. The van der Waals surface area contributed by atoms with Gasteiger partial charge in [-0.3, -0.25) is 9.59 Å². The van der Waals surface area contributed by atoms with Gasteiger partial charge in [0.2, 0.25) is 11.8 Å². The molecule has 0 aliphatic rings. The molecule has 2 aromatic rings. The van der Waals surface area contributed by atoms with Crippen LogP contribution in [0, 0.1) is 5.92 Å². The van der Waals surface area contributed by atoms with Crippen molar-refractivity contribution in [2.24, 2.45) is 5.92 Å². The van der Waals surface area contributed by atoms with E-state index in [2.05, 4.69) is 16.0 Å². The molecule has 0 heterocycles. The number of alkyl carbamates (subject to hydrolysis) is 1. The molecule has 3 N–H and O–H groups in total. The van der Waals surface area contributed by atoms with Gasteiger partial charge in [0, 0.05) is 5.41 Å². The number of amides is 3. The van der Waals surface area contributed by atoms with Gasteiger partial charge in [0.1, 0.15) is 18.7 Å². The van der Waals surface area contributed by atoms with E-state index < -0.39 is 45.9 Å². The topological polar surface area (TPSA) is 131 Å². The fraction of sp³-hybridized carbons (Fsp3) is 0.406. The van der Waals surface area contributed by atoms with Gasteiger partial charge in [-0.2, -0.15) is 11.8 Å². The molecule has 0 bridgehead atoms. The van der Waals surface area contributed by atoms with E-state index in [1.807, 2.05) is 56.5 Å². The number of benzene rings is 2. The van der Waals surface area contributed by atoms with Gasteiger partial charge >= 0.3 is 6.09 Å². The Kier molecular flexibility index (Phi) is 15.1. The number of nitrogens with one attached hydrogen (secondary N) is 3. The van der Waals surface area contributed by atoms with Gasteiger partial charge in [-0.15, -0.1) is 0 Å². The molecule has 3 amide bonds. The van der Waals surface area contributed by atoms with E-state index in [9.17, 15) is 22.8 Å². The molecule has 43 heavy (non-hydrogen) atoms. The van der Waals surface area contributed by atoms with Gasteiger partial charge in [0.05, 0.1) is 11.8 Å². The van der Waals surface area contributed by atoms with Crippen LogP contribution in [-0.2, 0) is 36.5 Å². The Morgan fingerprint density at radius 3 is 2.05 bits per heavy atom. The summed E-state index contributed by atoms with van der Waals surface area (Å²) in [5, 5.41) is 9.35. The van der Waals surface area contributed by atoms with Crippen molar-refractivity contribution >= 4 is 39.5 Å². The Hall–Kier alpha value is -3.57. The Bertz CT molecular complexity index is 1340. The van der Waals surface area contributed by atoms with Crippen LogP contribution < -0.4 is 16.0 Å². The minimum atomic E-state index is -3.60. The highest BCUT2D eigenvalue weighted by molar-refractivity contribution is 7.98. The van der Waals surface area contributed by atoms with Gasteiger partial charge in [-0.05, 0) is 55.4 Å². The fourth-order valence-corrected chi connectivity index (χ4v) is 5.65. The average molecular weight is 630 g/mol. The first kappa shape index (κ1) is 35.6. The molecule has 0 spiro atoms. The lowest BCUT2D eigenvalue weighted by Crippen LogP contribution is -2.56. The summed E-state index contributed by atoms with van der Waals surface area (Å²) in [7, 11) is -3.60. The molecular weight excluding hydrogens is 587 g/mol. The van der Waals surface area contributed by atoms with Crippen LogP contribution in [-0.4, -0.2) is 56.5 Å². The highest BCUT2D eigenvalue weighted by Gasteiger charge is 2.29. The molecule has 9 nitrogen and oxygen atoms in total. The van der Waals surface area contributed by atoms with Gasteiger partial charge in [0.15, 0.2) is 9.84 Å². The average Bonchev–Trinajstić information content (AvgIpc) is 2.96. The van der Waals surface area contributed by atoms with E-state index in [1.165, 1.54) is 17.8 Å². The van der Waals surface area contributed by atoms with Crippen LogP contribution in [0.2, 0.25) is 0 Å². The number of carbonyl (C=O) groups excluding carboxylic acids is 3. The molecule has 0 aliphatic carbocycles. The third-order valence-electron chi connectivity index (χ3n) is 6.20. The summed E-state index contributed by atoms with van der Waals surface area (Å²) in [4.78, 5) is 39.2. The zero-order valence-electron chi connectivity index (χ0n) is 25.4. The van der Waals surface area contributed by atoms with E-state index in [0.29, 0.717) is 17.7 Å². The molecule has 0 saturated carbocycles. The number of rotatable bonds is 16. The molecule has 2 aromatic carbocycles. The standard InChI is InChI=1S/C32H43N3O6S2/c1-23(2)20-27(17-19-43(39,40)22-26-14-10-7-11-15-26)33-30(36)28(16-18-42-5)34-31(37)29(24(3)4)35-32(38)41-21-25-12-8-6-9-13-25/h6-15,17,19-20,24,27-29H,16,18,21-22H2,1-5H3,(H,33,36)(H,34,37)(H,35,38)/b19-17+. The number of ether oxygens (including phenoxy) is 1. The maximum Gasteiger partial charge on any atom is 0.408 e. The summed E-state index contributed by atoms with van der Waals surface area (Å²) in [6.45, 7) is 7.30. The van der Waals surface area contributed by atoms with Crippen molar-refractivity contribution in [2.75, 3.05) is 12.0 Å². The molecule has 0 aliphatic heterocycles. The number of thioether (sulfide) groups is 1. The first-order valence-electron chi connectivity index (χ1n) is 14.1. The molecule has 3 atom stereocenters. The molecule has 11 heteroatoms. The molecule has 0 radical (unpaired) electrons. The van der Waals surface area contributed by atoms with Gasteiger partial charge < -0.3 is 20.7 Å². The number of sulfone groups is 1. The number of allylic oxidation sites excluding steroid dienone is 1. The lowest BCUT2D eigenvalue weighted by Gasteiger charge is -2.26. The van der Waals surface area contributed by atoms with Crippen molar-refractivity contribution in [3.63, 3.8) is 0 Å². The summed E-state index contributed by atoms with van der Waals surface area (Å²) in [5.74, 6) is -0.850. The Morgan fingerprint density at radius 2 is 1.49 bits per heavy atom. The van der Waals surface area contributed by atoms with Crippen molar-refractivity contribution < 1.29 is 27.5 Å². The Morgan fingerprint density at radius 1 is 0.884 bits per heavy atom. The second kappa shape index (κ2) is 18.2. The van der Waals surface area contributed by atoms with Gasteiger partial charge in [-0.1, -0.05) is 86.2 Å². The normalized spacial score (nSPS) is 13.5. The minimum absolute atomic E-state index is 0.0538. The van der Waals surface area contributed by atoms with Crippen LogP contribution >= 0.6 is 11.8 Å². The first-order chi connectivity index (χ1) is 20.4. The zero-order chi connectivity index (χ0) is 31.8. The fourth-order valence-electron chi connectivity index (χ4n) is 4.02. The van der Waals surface area contributed by atoms with Gasteiger partial charge in [-0.25, -0.2) is 13.2 Å². The lowest BCUT2D eigenvalue weighted by atomic mass is 10.0. The first-order valence-corrected chi connectivity index (χ1v) is 17.2. The predicted octanol–water partition coefficient (Wildman–Crippen LogP) is 4.76. The predicted molar refractivity (Wildman–Crippen MR) is 173 cm³/mol. The number of hydrogen-bond acceptors (Lipinski definition) is 7. The molecular formula is C32H43N3O6S2. The van der Waals surface area contributed by atoms with Crippen LogP contribution in [0.4, 0.5) is 4.79 Å². The van der Waals surface area contributed by atoms with Crippen molar-refractivity contribution in [2.45, 2.75) is 64.6 Å². The van der Waals surface area contributed by atoms with Crippen LogP contribution in [0.25, 0.3) is 0 Å². The number of hydrogen-bond donors (Lipinski definition) is 3. The minimum Gasteiger partial charge on any atom is -0.445 e. The third kappa shape index (κ3) is 14.0. The quantitative estimate of drug-likeness (QED) is 0.228. The summed E-state index contributed by atoms with van der Waals surface area (Å²) in [6.07, 6.45) is 4.65. The molecule has 234 valence electrons. The monoisotopic (exact) mass is 629 g/mol. The zero-order valence-corrected chi connectivity index (χ0v) is 27.0. The Balaban J connectivity index is 2.12. The summed E-state index contributed by atoms with van der Waals surface area (Å²) in [6, 6.07) is 15.5. The van der Waals surface area contributed by atoms with Crippen molar-refractivity contribution in [3.05, 3.63) is 94.9 Å². The van der Waals surface area contributed by atoms with Crippen LogP contribution in [0.1, 0.15) is 45.2 Å². The summed E-state index contributed by atoms with van der Waals surface area (Å²) < 4.78 is 30.7. The molecule has 0 saturated heterocycles. The van der Waals surface area contributed by atoms with E-state index in [4.69, 9.17) is 4.74 Å². The highest BCUT2D eigenvalue weighted by Crippen LogP contribution is 2.11. The smallest absolute Gasteiger partial charge is 0.408 e. The van der Waals surface area contributed by atoms with Crippen molar-refractivity contribution in [3.8, 4) is 0 Å². The van der Waals surface area contributed by atoms with E-state index in [-0.39, 0.29) is 18.3 Å². The lowest BCUT2D eigenvalue weighted by molar-refractivity contribution is -0.130. The van der Waals surface area contributed by atoms with E-state index in [0.717, 1.165) is 16.5 Å². The van der Waals surface area contributed by atoms with E-state index in [1.54, 1.807) is 44.2 Å². The van der Waals surface area contributed by atoms with Crippen LogP contribution in [0.3, 0.4) is 0 Å². The van der Waals surface area contributed by atoms with Crippen LogP contribution in [0.15, 0.2) is 83.8 Å². The maximum absolute atomic E-state index is 13.4. The SMILES string of the molecule is CSCCC(NC(=O)C(NC(=O)OCc1ccccc1)C(C)C)C(=O)NC(C=C(C)C)/C=C/S(=O)(=O)Cc1ccccc1. The summed E-state index contributed by atoms with van der Waals surface area (Å²) in [5.41, 5.74) is 2.34. The molecule has 3 unspecified atom stereocenters. The van der Waals surface area contributed by atoms with Crippen LogP contribution in [0.5, 0.6) is 0 Å². The molecule has 2 rings (SSSR count). The molecule has 0 aromatic heterocycles.